The maximum absolute atomic E-state index is 6.33. The first-order valence-corrected chi connectivity index (χ1v) is 8.31. The highest BCUT2D eigenvalue weighted by Crippen LogP contribution is 2.26. The van der Waals surface area contributed by atoms with Crippen LogP contribution in [0.5, 0.6) is 0 Å². The molecule has 3 aromatic rings. The Hall–Kier alpha value is -1.74. The van der Waals surface area contributed by atoms with Gasteiger partial charge < -0.3 is 9.88 Å². The van der Waals surface area contributed by atoms with Crippen molar-refractivity contribution < 1.29 is 0 Å². The molecule has 0 saturated heterocycles. The number of rotatable bonds is 5. The van der Waals surface area contributed by atoms with E-state index in [9.17, 15) is 0 Å². The molecule has 118 valence electrons. The zero-order valence-electron chi connectivity index (χ0n) is 12.8. The average Bonchev–Trinajstić information content (AvgIpc) is 3.01. The second kappa shape index (κ2) is 7.22. The van der Waals surface area contributed by atoms with Gasteiger partial charge in [-0.1, -0.05) is 53.5 Å². The van der Waals surface area contributed by atoms with Crippen molar-refractivity contribution in [2.24, 2.45) is 0 Å². The fourth-order valence-corrected chi connectivity index (χ4v) is 3.09. The van der Waals surface area contributed by atoms with Gasteiger partial charge in [0.25, 0.3) is 0 Å². The first-order chi connectivity index (χ1) is 11.1. The second-order valence-corrected chi connectivity index (χ2v) is 6.32. The minimum atomic E-state index is 0.278. The van der Waals surface area contributed by atoms with Crippen molar-refractivity contribution in [2.75, 3.05) is 0 Å². The second-order valence-electron chi connectivity index (χ2n) is 5.48. The van der Waals surface area contributed by atoms with Crippen LogP contribution in [0.3, 0.4) is 0 Å². The van der Waals surface area contributed by atoms with E-state index in [1.165, 1.54) is 5.56 Å². The highest BCUT2D eigenvalue weighted by Gasteiger charge is 2.09. The Balaban J connectivity index is 1.76. The van der Waals surface area contributed by atoms with Gasteiger partial charge in [-0.15, -0.1) is 0 Å². The number of nitrogens with one attached hydrogen (secondary N) is 1. The summed E-state index contributed by atoms with van der Waals surface area (Å²) in [5, 5.41) is 4.84. The van der Waals surface area contributed by atoms with Crippen LogP contribution in [0, 0.1) is 0 Å². The van der Waals surface area contributed by atoms with E-state index in [0.29, 0.717) is 10.0 Å². The fraction of sp³-hybridized carbons (Fsp3) is 0.158. The number of halogens is 2. The van der Waals surface area contributed by atoms with Gasteiger partial charge in [0.1, 0.15) is 0 Å². The summed E-state index contributed by atoms with van der Waals surface area (Å²) in [6.07, 6.45) is 2.01. The Morgan fingerprint density at radius 3 is 2.52 bits per heavy atom. The standard InChI is InChI=1S/C19H18Cl2N2/c1-14(15-6-3-2-4-7-15)22-13-17-8-5-11-23(17)19-10-9-16(20)12-18(19)21/h2-12,14,22H,13H2,1H3. The van der Waals surface area contributed by atoms with Crippen molar-refractivity contribution in [1.82, 2.24) is 9.88 Å². The number of hydrogen-bond acceptors (Lipinski definition) is 1. The summed E-state index contributed by atoms with van der Waals surface area (Å²) in [6, 6.07) is 20.4. The fourth-order valence-electron chi connectivity index (χ4n) is 2.59. The van der Waals surface area contributed by atoms with Gasteiger partial charge in [0, 0.05) is 29.5 Å². The van der Waals surface area contributed by atoms with Crippen LogP contribution >= 0.6 is 23.2 Å². The van der Waals surface area contributed by atoms with Gasteiger partial charge in [-0.3, -0.25) is 0 Å². The molecule has 0 aliphatic heterocycles. The molecule has 0 saturated carbocycles. The summed E-state index contributed by atoms with van der Waals surface area (Å²) in [7, 11) is 0. The van der Waals surface area contributed by atoms with Crippen LogP contribution in [0.25, 0.3) is 5.69 Å². The molecule has 3 rings (SSSR count). The molecule has 0 bridgehead atoms. The van der Waals surface area contributed by atoms with Gasteiger partial charge in [-0.25, -0.2) is 0 Å². The summed E-state index contributed by atoms with van der Waals surface area (Å²) in [5.41, 5.74) is 3.36. The van der Waals surface area contributed by atoms with E-state index in [2.05, 4.69) is 47.1 Å². The van der Waals surface area contributed by atoms with Crippen molar-refractivity contribution in [3.05, 3.63) is 88.2 Å². The van der Waals surface area contributed by atoms with E-state index in [0.717, 1.165) is 17.9 Å². The van der Waals surface area contributed by atoms with E-state index in [4.69, 9.17) is 23.2 Å². The summed E-state index contributed by atoms with van der Waals surface area (Å²) < 4.78 is 2.09. The number of nitrogens with zero attached hydrogens (tertiary/aromatic N) is 1. The Morgan fingerprint density at radius 2 is 1.78 bits per heavy atom. The van der Waals surface area contributed by atoms with Crippen molar-refractivity contribution in [3.8, 4) is 5.69 Å². The van der Waals surface area contributed by atoms with E-state index in [-0.39, 0.29) is 6.04 Å². The van der Waals surface area contributed by atoms with Gasteiger partial charge in [-0.05, 0) is 42.8 Å². The highest BCUT2D eigenvalue weighted by atomic mass is 35.5. The van der Waals surface area contributed by atoms with Crippen LogP contribution < -0.4 is 5.32 Å². The van der Waals surface area contributed by atoms with Gasteiger partial charge >= 0.3 is 0 Å². The Morgan fingerprint density at radius 1 is 1.00 bits per heavy atom. The molecule has 0 amide bonds. The molecule has 0 aliphatic rings. The molecule has 2 aromatic carbocycles. The maximum Gasteiger partial charge on any atom is 0.0661 e. The van der Waals surface area contributed by atoms with Crippen LogP contribution in [-0.4, -0.2) is 4.57 Å². The molecule has 0 fully saturated rings. The number of benzene rings is 2. The predicted molar refractivity (Wildman–Crippen MR) is 97.5 cm³/mol. The van der Waals surface area contributed by atoms with Crippen LogP contribution in [-0.2, 0) is 6.54 Å². The summed E-state index contributed by atoms with van der Waals surface area (Å²) in [5.74, 6) is 0. The molecule has 1 N–H and O–H groups in total. The first kappa shape index (κ1) is 16.1. The highest BCUT2D eigenvalue weighted by molar-refractivity contribution is 6.35. The minimum absolute atomic E-state index is 0.278. The average molecular weight is 345 g/mol. The first-order valence-electron chi connectivity index (χ1n) is 7.55. The van der Waals surface area contributed by atoms with E-state index in [1.54, 1.807) is 6.07 Å². The van der Waals surface area contributed by atoms with Crippen LogP contribution in [0.2, 0.25) is 10.0 Å². The Kier molecular flexibility index (Phi) is 5.06. The van der Waals surface area contributed by atoms with Crippen molar-refractivity contribution >= 4 is 23.2 Å². The normalized spacial score (nSPS) is 12.3. The topological polar surface area (TPSA) is 17.0 Å². The van der Waals surface area contributed by atoms with E-state index < -0.39 is 0 Å². The monoisotopic (exact) mass is 344 g/mol. The molecule has 0 radical (unpaired) electrons. The molecule has 1 atom stereocenters. The lowest BCUT2D eigenvalue weighted by molar-refractivity contribution is 0.563. The van der Waals surface area contributed by atoms with Gasteiger partial charge in [0.05, 0.1) is 10.7 Å². The van der Waals surface area contributed by atoms with Crippen LogP contribution in [0.1, 0.15) is 24.2 Å². The molecule has 23 heavy (non-hydrogen) atoms. The zero-order chi connectivity index (χ0) is 16.2. The lowest BCUT2D eigenvalue weighted by atomic mass is 10.1. The quantitative estimate of drug-likeness (QED) is 0.634. The smallest absolute Gasteiger partial charge is 0.0661 e. The lowest BCUT2D eigenvalue weighted by Gasteiger charge is -2.16. The summed E-state index contributed by atoms with van der Waals surface area (Å²) in [4.78, 5) is 0. The number of hydrogen-bond donors (Lipinski definition) is 1. The Labute approximate surface area is 146 Å². The van der Waals surface area contributed by atoms with Crippen LogP contribution in [0.4, 0.5) is 0 Å². The SMILES string of the molecule is CC(NCc1cccn1-c1ccc(Cl)cc1Cl)c1ccccc1. The third-order valence-corrected chi connectivity index (χ3v) is 4.43. The molecule has 0 aliphatic carbocycles. The van der Waals surface area contributed by atoms with Gasteiger partial charge in [-0.2, -0.15) is 0 Å². The van der Waals surface area contributed by atoms with Crippen molar-refractivity contribution in [3.63, 3.8) is 0 Å². The molecule has 2 nitrogen and oxygen atoms in total. The zero-order valence-corrected chi connectivity index (χ0v) is 14.4. The third-order valence-electron chi connectivity index (χ3n) is 3.89. The maximum atomic E-state index is 6.33. The van der Waals surface area contributed by atoms with E-state index >= 15 is 0 Å². The summed E-state index contributed by atoms with van der Waals surface area (Å²) >= 11 is 12.3. The number of aromatic nitrogens is 1. The Bertz CT molecular complexity index is 781. The minimum Gasteiger partial charge on any atom is -0.318 e. The molecule has 1 unspecified atom stereocenters. The largest absolute Gasteiger partial charge is 0.318 e. The third kappa shape index (κ3) is 3.78. The molecule has 0 spiro atoms. The predicted octanol–water partition coefficient (Wildman–Crippen LogP) is 5.63. The molecular formula is C19H18Cl2N2. The summed E-state index contributed by atoms with van der Waals surface area (Å²) in [6.45, 7) is 2.92. The molecule has 1 heterocycles. The van der Waals surface area contributed by atoms with Crippen molar-refractivity contribution in [1.29, 1.82) is 0 Å². The van der Waals surface area contributed by atoms with E-state index in [1.807, 2.05) is 30.5 Å². The molecule has 1 aromatic heterocycles. The van der Waals surface area contributed by atoms with Crippen molar-refractivity contribution in [2.45, 2.75) is 19.5 Å². The van der Waals surface area contributed by atoms with Gasteiger partial charge in [0.15, 0.2) is 0 Å². The van der Waals surface area contributed by atoms with Gasteiger partial charge in [0.2, 0.25) is 0 Å². The molecular weight excluding hydrogens is 327 g/mol. The van der Waals surface area contributed by atoms with Crippen LogP contribution in [0.15, 0.2) is 66.9 Å². The lowest BCUT2D eigenvalue weighted by Crippen LogP contribution is -2.19. The molecule has 4 heteroatoms.